The van der Waals surface area contributed by atoms with Crippen LogP contribution in [0.2, 0.25) is 0 Å². The van der Waals surface area contributed by atoms with Crippen molar-refractivity contribution in [3.8, 4) is 0 Å². The quantitative estimate of drug-likeness (QED) is 0.535. The third-order valence-corrected chi connectivity index (χ3v) is 4.72. The highest BCUT2D eigenvalue weighted by Gasteiger charge is 2.15. The van der Waals surface area contributed by atoms with Gasteiger partial charge in [0.05, 0.1) is 6.61 Å². The highest BCUT2D eigenvalue weighted by Crippen LogP contribution is 2.20. The number of fused-ring (bicyclic) bond motifs is 1. The van der Waals surface area contributed by atoms with Crippen molar-refractivity contribution in [2.24, 2.45) is 0 Å². The molecular weight excluding hydrogens is 346 g/mol. The Labute approximate surface area is 157 Å². The van der Waals surface area contributed by atoms with Crippen LogP contribution in [-0.4, -0.2) is 35.0 Å². The number of nitrogens with zero attached hydrogens (tertiary/aromatic N) is 1. The van der Waals surface area contributed by atoms with Gasteiger partial charge in [-0.25, -0.2) is 11.0 Å². The summed E-state index contributed by atoms with van der Waals surface area (Å²) in [5, 5.41) is 8.59. The zero-order valence-electron chi connectivity index (χ0n) is 15.2. The van der Waals surface area contributed by atoms with Crippen LogP contribution in [0.3, 0.4) is 0 Å². The van der Waals surface area contributed by atoms with Gasteiger partial charge < -0.3 is 0 Å². The van der Waals surface area contributed by atoms with E-state index >= 15 is 0 Å². The number of benzene rings is 2. The predicted molar refractivity (Wildman–Crippen MR) is 99.0 cm³/mol. The van der Waals surface area contributed by atoms with E-state index in [1.54, 1.807) is 5.48 Å². The van der Waals surface area contributed by atoms with Crippen LogP contribution in [0.15, 0.2) is 42.5 Å². The van der Waals surface area contributed by atoms with E-state index in [2.05, 4.69) is 29.4 Å². The lowest BCUT2D eigenvalue weighted by Gasteiger charge is -2.27. The molecule has 142 valence electrons. The average molecular weight is 369 g/mol. The minimum absolute atomic E-state index is 0.255. The molecule has 0 fully saturated rings. The van der Waals surface area contributed by atoms with Gasteiger partial charge in [-0.2, -0.15) is 0 Å². The maximum Gasteiger partial charge on any atom is 0.274 e. The summed E-state index contributed by atoms with van der Waals surface area (Å²) in [4.78, 5) is 31.1. The van der Waals surface area contributed by atoms with Gasteiger partial charge in [0.2, 0.25) is 0 Å². The Morgan fingerprint density at radius 3 is 2.44 bits per heavy atom. The summed E-state index contributed by atoms with van der Waals surface area (Å²) in [5.41, 5.74) is 8.26. The van der Waals surface area contributed by atoms with Crippen LogP contribution in [0.4, 0.5) is 0 Å². The lowest BCUT2D eigenvalue weighted by Crippen LogP contribution is -2.30. The van der Waals surface area contributed by atoms with Crippen molar-refractivity contribution in [3.05, 3.63) is 70.3 Å². The first-order chi connectivity index (χ1) is 13.1. The van der Waals surface area contributed by atoms with Crippen LogP contribution in [0.25, 0.3) is 0 Å². The second-order valence-electron chi connectivity index (χ2n) is 6.46. The topological polar surface area (TPSA) is 90.9 Å². The van der Waals surface area contributed by atoms with Gasteiger partial charge in [0.15, 0.2) is 0 Å². The van der Waals surface area contributed by atoms with Crippen LogP contribution in [-0.2, 0) is 24.4 Å². The highest BCUT2D eigenvalue weighted by molar-refractivity contribution is 5.97. The molecule has 1 heterocycles. The Bertz CT molecular complexity index is 820. The zero-order chi connectivity index (χ0) is 19.2. The normalized spacial score (nSPS) is 13.7. The number of carbonyl (C=O) groups is 2. The summed E-state index contributed by atoms with van der Waals surface area (Å²) in [5.74, 6) is -1.03. The summed E-state index contributed by atoms with van der Waals surface area (Å²) in [6.45, 7) is 5.55. The lowest BCUT2D eigenvalue weighted by molar-refractivity contribution is 0.0233. The first-order valence-corrected chi connectivity index (χ1v) is 8.90. The molecule has 2 amide bonds. The smallest absolute Gasteiger partial charge is 0.274 e. The monoisotopic (exact) mass is 369 g/mol. The SMILES string of the molecule is CCN1CCc2cc(CONC(=O)c3ccc(C(=O)NO)cc3)ccc2C1. The summed E-state index contributed by atoms with van der Waals surface area (Å²) in [6.07, 6.45) is 1.02. The molecule has 2 aromatic carbocycles. The molecule has 2 aromatic rings. The van der Waals surface area contributed by atoms with Crippen molar-refractivity contribution in [2.75, 3.05) is 13.1 Å². The van der Waals surface area contributed by atoms with Gasteiger partial charge in [-0.1, -0.05) is 25.1 Å². The number of amides is 2. The summed E-state index contributed by atoms with van der Waals surface area (Å²) in [7, 11) is 0. The molecule has 3 N–H and O–H groups in total. The van der Waals surface area contributed by atoms with Crippen LogP contribution < -0.4 is 11.0 Å². The zero-order valence-corrected chi connectivity index (χ0v) is 15.2. The van der Waals surface area contributed by atoms with E-state index in [1.807, 2.05) is 6.07 Å². The molecule has 27 heavy (non-hydrogen) atoms. The third-order valence-electron chi connectivity index (χ3n) is 4.72. The van der Waals surface area contributed by atoms with Crippen molar-refractivity contribution in [2.45, 2.75) is 26.5 Å². The van der Waals surface area contributed by atoms with Crippen LogP contribution >= 0.6 is 0 Å². The fourth-order valence-corrected chi connectivity index (χ4v) is 3.11. The van der Waals surface area contributed by atoms with Crippen molar-refractivity contribution < 1.29 is 19.6 Å². The average Bonchev–Trinajstić information content (AvgIpc) is 2.72. The van der Waals surface area contributed by atoms with Crippen LogP contribution in [0, 0.1) is 0 Å². The third kappa shape index (κ3) is 4.71. The molecule has 0 aliphatic carbocycles. The predicted octanol–water partition coefficient (Wildman–Crippen LogP) is 2.05. The van der Waals surface area contributed by atoms with Crippen molar-refractivity contribution in [3.63, 3.8) is 0 Å². The van der Waals surface area contributed by atoms with E-state index < -0.39 is 11.8 Å². The molecule has 0 saturated carbocycles. The molecule has 0 spiro atoms. The highest BCUT2D eigenvalue weighted by atomic mass is 16.6. The molecule has 0 aromatic heterocycles. The van der Waals surface area contributed by atoms with Gasteiger partial charge in [-0.05, 0) is 53.9 Å². The molecule has 3 rings (SSSR count). The van der Waals surface area contributed by atoms with E-state index in [9.17, 15) is 9.59 Å². The van der Waals surface area contributed by atoms with Gasteiger partial charge in [0, 0.05) is 24.2 Å². The number of rotatable bonds is 6. The van der Waals surface area contributed by atoms with Crippen molar-refractivity contribution >= 4 is 11.8 Å². The first kappa shape index (κ1) is 19.0. The molecule has 0 unspecified atom stereocenters. The van der Waals surface area contributed by atoms with Gasteiger partial charge in [0.25, 0.3) is 11.8 Å². The number of hydrogen-bond donors (Lipinski definition) is 3. The van der Waals surface area contributed by atoms with E-state index in [0.717, 1.165) is 31.6 Å². The minimum atomic E-state index is -0.632. The van der Waals surface area contributed by atoms with Crippen LogP contribution in [0.5, 0.6) is 0 Å². The molecule has 7 nitrogen and oxygen atoms in total. The Balaban J connectivity index is 1.52. The van der Waals surface area contributed by atoms with Crippen LogP contribution in [0.1, 0.15) is 44.3 Å². The molecule has 0 atom stereocenters. The van der Waals surface area contributed by atoms with Gasteiger partial charge in [-0.15, -0.1) is 0 Å². The molecular formula is C20H23N3O4. The molecule has 0 saturated heterocycles. The maximum atomic E-state index is 12.1. The Kier molecular flexibility index (Phi) is 6.18. The fraction of sp³-hybridized carbons (Fsp3) is 0.300. The maximum absolute atomic E-state index is 12.1. The number of nitrogens with one attached hydrogen (secondary N) is 2. The number of likely N-dealkylation sites (N-methyl/N-ethyl adjacent to an activating group) is 1. The lowest BCUT2D eigenvalue weighted by atomic mass is 9.97. The molecule has 0 radical (unpaired) electrons. The Morgan fingerprint density at radius 1 is 1.07 bits per heavy atom. The Hall–Kier alpha value is -2.74. The van der Waals surface area contributed by atoms with E-state index in [4.69, 9.17) is 10.0 Å². The van der Waals surface area contributed by atoms with Gasteiger partial charge in [0.1, 0.15) is 0 Å². The van der Waals surface area contributed by atoms with Crippen molar-refractivity contribution in [1.29, 1.82) is 0 Å². The summed E-state index contributed by atoms with van der Waals surface area (Å²) in [6, 6.07) is 12.2. The fourth-order valence-electron chi connectivity index (χ4n) is 3.11. The molecule has 1 aliphatic rings. The van der Waals surface area contributed by atoms with E-state index in [0.29, 0.717) is 5.56 Å². The van der Waals surface area contributed by atoms with Gasteiger partial charge >= 0.3 is 0 Å². The van der Waals surface area contributed by atoms with E-state index in [-0.39, 0.29) is 12.2 Å². The van der Waals surface area contributed by atoms with Crippen molar-refractivity contribution in [1.82, 2.24) is 15.9 Å². The second kappa shape index (κ2) is 8.77. The number of carbonyl (C=O) groups excluding carboxylic acids is 2. The van der Waals surface area contributed by atoms with E-state index in [1.165, 1.54) is 35.4 Å². The molecule has 7 heteroatoms. The van der Waals surface area contributed by atoms with Gasteiger partial charge in [-0.3, -0.25) is 24.5 Å². The summed E-state index contributed by atoms with van der Waals surface area (Å²) < 4.78 is 0. The largest absolute Gasteiger partial charge is 0.299 e. The Morgan fingerprint density at radius 2 is 1.78 bits per heavy atom. The minimum Gasteiger partial charge on any atom is -0.299 e. The molecule has 0 bridgehead atoms. The summed E-state index contributed by atoms with van der Waals surface area (Å²) >= 11 is 0. The molecule has 1 aliphatic heterocycles. The first-order valence-electron chi connectivity index (χ1n) is 8.90. The standard InChI is InChI=1S/C20H23N3O4/c1-2-23-10-9-17-11-14(3-4-18(17)12-23)13-27-22-20(25)16-7-5-15(6-8-16)19(24)21-26/h3-8,11,26H,2,9-10,12-13H2,1H3,(H,21,24)(H,22,25). The second-order valence-corrected chi connectivity index (χ2v) is 6.46. The number of hydroxylamine groups is 2. The number of hydrogen-bond acceptors (Lipinski definition) is 5.